The molecule has 0 saturated heterocycles. The maximum absolute atomic E-state index is 12.4. The molecule has 0 unspecified atom stereocenters. The van der Waals surface area contributed by atoms with Crippen molar-refractivity contribution in [1.82, 2.24) is 4.57 Å². The average Bonchev–Trinajstić information content (AvgIpc) is 3.05. The Morgan fingerprint density at radius 2 is 1.90 bits per heavy atom. The summed E-state index contributed by atoms with van der Waals surface area (Å²) in [6.07, 6.45) is 1.12. The molecule has 0 aliphatic rings. The Hall–Kier alpha value is -2.65. The number of rotatable bonds is 8. The van der Waals surface area contributed by atoms with Crippen molar-refractivity contribution in [1.29, 1.82) is 5.26 Å². The Kier molecular flexibility index (Phi) is 8.88. The number of anilines is 1. The van der Waals surface area contributed by atoms with E-state index in [0.29, 0.717) is 11.3 Å². The van der Waals surface area contributed by atoms with E-state index in [0.717, 1.165) is 40.0 Å². The Balaban J connectivity index is 0.00000145. The summed E-state index contributed by atoms with van der Waals surface area (Å²) in [5.74, 6) is 1.65. The summed E-state index contributed by atoms with van der Waals surface area (Å²) in [7, 11) is 1.93. The van der Waals surface area contributed by atoms with E-state index in [-0.39, 0.29) is 6.61 Å². The molecule has 0 saturated carbocycles. The number of nitriles is 1. The quantitative estimate of drug-likeness (QED) is 0.335. The van der Waals surface area contributed by atoms with Gasteiger partial charge in [0.2, 0.25) is 0 Å². The monoisotopic (exact) mass is 413 g/mol. The third kappa shape index (κ3) is 5.24. The fourth-order valence-corrected chi connectivity index (χ4v) is 3.65. The molecular formula is C23H28FN3OS. The van der Waals surface area contributed by atoms with Crippen molar-refractivity contribution in [3.8, 4) is 23.1 Å². The van der Waals surface area contributed by atoms with Crippen molar-refractivity contribution in [2.24, 2.45) is 7.05 Å². The van der Waals surface area contributed by atoms with Crippen LogP contribution in [-0.2, 0) is 7.05 Å². The number of hydrogen-bond donors (Lipinski definition) is 1. The highest BCUT2D eigenvalue weighted by molar-refractivity contribution is 8.00. The van der Waals surface area contributed by atoms with Gasteiger partial charge in [0.25, 0.3) is 0 Å². The largest absolute Gasteiger partial charge is 0.491 e. The summed E-state index contributed by atoms with van der Waals surface area (Å²) < 4.78 is 23.1. The standard InChI is InChI=1S/C21H22FN3OS.C2H6/c1-3-12-27-24-16-6-4-15(5-7-16)21-19(14-23)18-9-8-17(26-11-10-22)13-20(18)25(21)2;1-2/h4-9,13,24H,3,10-12H2,1-2H3;1-2H3. The van der Waals surface area contributed by atoms with Crippen LogP contribution in [0.3, 0.4) is 0 Å². The maximum Gasteiger partial charge on any atom is 0.123 e. The van der Waals surface area contributed by atoms with E-state index in [9.17, 15) is 9.65 Å². The number of ether oxygens (including phenoxy) is 1. The smallest absolute Gasteiger partial charge is 0.123 e. The van der Waals surface area contributed by atoms with Gasteiger partial charge in [0.05, 0.1) is 16.8 Å². The Labute approximate surface area is 176 Å². The first-order valence-electron chi connectivity index (χ1n) is 9.89. The van der Waals surface area contributed by atoms with Gasteiger partial charge in [0.15, 0.2) is 0 Å². The molecule has 4 nitrogen and oxygen atoms in total. The maximum atomic E-state index is 12.4. The number of aryl methyl sites for hydroxylation is 1. The SMILES string of the molecule is CC.CCCSNc1ccc(-c2c(C#N)c3ccc(OCCF)cc3n2C)cc1. The van der Waals surface area contributed by atoms with Gasteiger partial charge in [-0.05, 0) is 36.2 Å². The van der Waals surface area contributed by atoms with Crippen LogP contribution >= 0.6 is 11.9 Å². The third-order valence-electron chi connectivity index (χ3n) is 4.28. The fraction of sp³-hybridized carbons (Fsp3) is 0.348. The number of nitrogens with zero attached hydrogens (tertiary/aromatic N) is 2. The molecule has 0 fully saturated rings. The highest BCUT2D eigenvalue weighted by Gasteiger charge is 2.17. The molecule has 1 heterocycles. The molecule has 1 N–H and O–H groups in total. The molecular weight excluding hydrogens is 385 g/mol. The minimum absolute atomic E-state index is 0.0262. The molecule has 0 atom stereocenters. The van der Waals surface area contributed by atoms with Crippen LogP contribution in [0.5, 0.6) is 5.75 Å². The molecule has 29 heavy (non-hydrogen) atoms. The van der Waals surface area contributed by atoms with E-state index in [1.54, 1.807) is 18.0 Å². The summed E-state index contributed by atoms with van der Waals surface area (Å²) >= 11 is 1.68. The van der Waals surface area contributed by atoms with Crippen LogP contribution in [0.1, 0.15) is 32.8 Å². The van der Waals surface area contributed by atoms with Crippen LogP contribution in [0, 0.1) is 11.3 Å². The zero-order valence-electron chi connectivity index (χ0n) is 17.5. The van der Waals surface area contributed by atoms with E-state index in [4.69, 9.17) is 4.74 Å². The van der Waals surface area contributed by atoms with Gasteiger partial charge in [-0.2, -0.15) is 5.26 Å². The molecule has 1 aromatic heterocycles. The number of hydrogen-bond acceptors (Lipinski definition) is 4. The zero-order valence-corrected chi connectivity index (χ0v) is 18.3. The molecule has 6 heteroatoms. The molecule has 0 aliphatic heterocycles. The lowest BCUT2D eigenvalue weighted by atomic mass is 10.1. The first kappa shape index (κ1) is 22.6. The molecule has 154 valence electrons. The molecule has 0 amide bonds. The molecule has 3 rings (SSSR count). The number of alkyl halides is 1. The van der Waals surface area contributed by atoms with E-state index in [1.807, 2.05) is 61.9 Å². The molecule has 0 spiro atoms. The lowest BCUT2D eigenvalue weighted by Gasteiger charge is -2.08. The van der Waals surface area contributed by atoms with Crippen LogP contribution in [0.25, 0.3) is 22.2 Å². The zero-order chi connectivity index (χ0) is 21.2. The molecule has 0 radical (unpaired) electrons. The van der Waals surface area contributed by atoms with E-state index in [1.165, 1.54) is 0 Å². The van der Waals surface area contributed by atoms with Gasteiger partial charge < -0.3 is 14.0 Å². The van der Waals surface area contributed by atoms with E-state index in [2.05, 4.69) is 17.7 Å². The molecule has 0 bridgehead atoms. The Bertz CT molecular complexity index is 961. The second-order valence-electron chi connectivity index (χ2n) is 6.14. The van der Waals surface area contributed by atoms with Gasteiger partial charge >= 0.3 is 0 Å². The van der Waals surface area contributed by atoms with E-state index < -0.39 is 6.67 Å². The van der Waals surface area contributed by atoms with Crippen LogP contribution in [0.2, 0.25) is 0 Å². The van der Waals surface area contributed by atoms with Crippen molar-refractivity contribution in [2.45, 2.75) is 27.2 Å². The van der Waals surface area contributed by atoms with Crippen molar-refractivity contribution in [3.05, 3.63) is 48.0 Å². The predicted molar refractivity (Wildman–Crippen MR) is 122 cm³/mol. The van der Waals surface area contributed by atoms with Gasteiger partial charge in [0.1, 0.15) is 25.1 Å². The molecule has 3 aromatic rings. The predicted octanol–water partition coefficient (Wildman–Crippen LogP) is 6.56. The summed E-state index contributed by atoms with van der Waals surface area (Å²) in [5, 5.41) is 10.6. The highest BCUT2D eigenvalue weighted by atomic mass is 32.2. The van der Waals surface area contributed by atoms with Crippen molar-refractivity contribution >= 4 is 28.5 Å². The third-order valence-corrected chi connectivity index (χ3v) is 5.28. The van der Waals surface area contributed by atoms with Crippen LogP contribution < -0.4 is 9.46 Å². The van der Waals surface area contributed by atoms with Gasteiger partial charge in [-0.1, -0.05) is 44.9 Å². The molecule has 2 aromatic carbocycles. The number of benzene rings is 2. The van der Waals surface area contributed by atoms with Gasteiger partial charge in [-0.15, -0.1) is 0 Å². The average molecular weight is 414 g/mol. The van der Waals surface area contributed by atoms with Gasteiger partial charge in [-0.3, -0.25) is 0 Å². The Morgan fingerprint density at radius 3 is 2.52 bits per heavy atom. The normalized spacial score (nSPS) is 10.2. The van der Waals surface area contributed by atoms with Crippen molar-refractivity contribution < 1.29 is 9.13 Å². The first-order valence-corrected chi connectivity index (χ1v) is 10.9. The Morgan fingerprint density at radius 1 is 1.17 bits per heavy atom. The lowest BCUT2D eigenvalue weighted by Crippen LogP contribution is -1.98. The lowest BCUT2D eigenvalue weighted by molar-refractivity contribution is 0.273. The van der Waals surface area contributed by atoms with Crippen LogP contribution in [-0.4, -0.2) is 23.6 Å². The van der Waals surface area contributed by atoms with Crippen LogP contribution in [0.4, 0.5) is 10.1 Å². The van der Waals surface area contributed by atoms with Crippen molar-refractivity contribution in [2.75, 3.05) is 23.8 Å². The second-order valence-corrected chi connectivity index (χ2v) is 7.04. The summed E-state index contributed by atoms with van der Waals surface area (Å²) in [4.78, 5) is 0. The minimum Gasteiger partial charge on any atom is -0.491 e. The summed E-state index contributed by atoms with van der Waals surface area (Å²) in [5.41, 5.74) is 4.39. The second kappa shape index (κ2) is 11.4. The van der Waals surface area contributed by atoms with Crippen molar-refractivity contribution in [3.63, 3.8) is 0 Å². The first-order chi connectivity index (χ1) is 14.2. The highest BCUT2D eigenvalue weighted by Crippen LogP contribution is 2.35. The number of aromatic nitrogens is 1. The number of fused-ring (bicyclic) bond motifs is 1. The van der Waals surface area contributed by atoms with Crippen LogP contribution in [0.15, 0.2) is 42.5 Å². The topological polar surface area (TPSA) is 50.0 Å². The van der Waals surface area contributed by atoms with Gasteiger partial charge in [0, 0.05) is 29.9 Å². The van der Waals surface area contributed by atoms with Gasteiger partial charge in [-0.25, -0.2) is 4.39 Å². The fourth-order valence-electron chi connectivity index (χ4n) is 3.05. The van der Waals surface area contributed by atoms with E-state index >= 15 is 0 Å². The minimum atomic E-state index is -0.531. The summed E-state index contributed by atoms with van der Waals surface area (Å²) in [6.45, 7) is 5.64. The number of nitrogens with one attached hydrogen (secondary N) is 1. The summed E-state index contributed by atoms with van der Waals surface area (Å²) in [6, 6.07) is 15.9. The molecule has 0 aliphatic carbocycles. The number of halogens is 1.